The molecule has 0 aliphatic carbocycles. The minimum absolute atomic E-state index is 0.190. The van der Waals surface area contributed by atoms with E-state index in [-0.39, 0.29) is 6.04 Å². The van der Waals surface area contributed by atoms with Crippen molar-refractivity contribution < 1.29 is 4.42 Å². The quantitative estimate of drug-likeness (QED) is 0.859. The molecule has 19 heavy (non-hydrogen) atoms. The summed E-state index contributed by atoms with van der Waals surface area (Å²) < 4.78 is 6.78. The Labute approximate surface area is 123 Å². The van der Waals surface area contributed by atoms with Crippen LogP contribution in [0.4, 0.5) is 0 Å². The monoisotopic (exact) mass is 321 g/mol. The van der Waals surface area contributed by atoms with Crippen LogP contribution in [0.15, 0.2) is 39.2 Å². The van der Waals surface area contributed by atoms with E-state index in [1.54, 1.807) is 0 Å². The molecule has 0 radical (unpaired) electrons. The predicted octanol–water partition coefficient (Wildman–Crippen LogP) is 4.75. The van der Waals surface area contributed by atoms with Gasteiger partial charge in [0.2, 0.25) is 0 Å². The van der Waals surface area contributed by atoms with Crippen LogP contribution in [0, 0.1) is 13.8 Å². The molecule has 1 unspecified atom stereocenters. The molecule has 2 nitrogen and oxygen atoms in total. The zero-order chi connectivity index (χ0) is 13.8. The second-order valence-corrected chi connectivity index (χ2v) is 5.73. The first kappa shape index (κ1) is 14.4. The third-order valence-corrected chi connectivity index (χ3v) is 3.66. The Hall–Kier alpha value is -1.06. The Morgan fingerprint density at radius 1 is 1.26 bits per heavy atom. The Balaban J connectivity index is 2.38. The summed E-state index contributed by atoms with van der Waals surface area (Å²) in [6.07, 6.45) is 1.11. The van der Waals surface area contributed by atoms with Crippen molar-refractivity contribution >= 4 is 15.9 Å². The van der Waals surface area contributed by atoms with Crippen LogP contribution in [-0.4, -0.2) is 6.54 Å². The molecular formula is C16H20BrNO. The summed E-state index contributed by atoms with van der Waals surface area (Å²) in [7, 11) is 0. The number of benzene rings is 1. The van der Waals surface area contributed by atoms with Crippen LogP contribution in [0.25, 0.3) is 0 Å². The molecule has 0 fully saturated rings. The molecule has 0 aliphatic rings. The lowest BCUT2D eigenvalue weighted by Gasteiger charge is -2.19. The standard InChI is InChI=1S/C16H20BrNO/c1-4-8-18-16(13-6-5-7-14(17)10-13)15-9-11(2)19-12(15)3/h5-7,9-10,16,18H,4,8H2,1-3H3. The van der Waals surface area contributed by atoms with E-state index in [0.29, 0.717) is 0 Å². The Morgan fingerprint density at radius 2 is 2.05 bits per heavy atom. The Bertz CT molecular complexity index is 547. The average molecular weight is 322 g/mol. The van der Waals surface area contributed by atoms with E-state index in [2.05, 4.69) is 52.4 Å². The van der Waals surface area contributed by atoms with Crippen LogP contribution < -0.4 is 5.32 Å². The normalized spacial score (nSPS) is 12.6. The molecule has 1 N–H and O–H groups in total. The van der Waals surface area contributed by atoms with Gasteiger partial charge in [0.25, 0.3) is 0 Å². The summed E-state index contributed by atoms with van der Waals surface area (Å²) in [6, 6.07) is 10.8. The highest BCUT2D eigenvalue weighted by molar-refractivity contribution is 9.10. The molecule has 1 aromatic heterocycles. The predicted molar refractivity (Wildman–Crippen MR) is 82.5 cm³/mol. The highest BCUT2D eigenvalue weighted by atomic mass is 79.9. The average Bonchev–Trinajstić information content (AvgIpc) is 2.69. The van der Waals surface area contributed by atoms with Crippen LogP contribution >= 0.6 is 15.9 Å². The van der Waals surface area contributed by atoms with Gasteiger partial charge in [-0.2, -0.15) is 0 Å². The maximum absolute atomic E-state index is 5.68. The topological polar surface area (TPSA) is 25.2 Å². The first-order chi connectivity index (χ1) is 9.11. The van der Waals surface area contributed by atoms with E-state index in [0.717, 1.165) is 29.0 Å². The second kappa shape index (κ2) is 6.40. The fourth-order valence-electron chi connectivity index (χ4n) is 2.32. The lowest BCUT2D eigenvalue weighted by molar-refractivity contribution is 0.493. The number of hydrogen-bond acceptors (Lipinski definition) is 2. The molecule has 0 saturated carbocycles. The molecule has 1 atom stereocenters. The summed E-state index contributed by atoms with van der Waals surface area (Å²) in [6.45, 7) is 7.19. The fourth-order valence-corrected chi connectivity index (χ4v) is 2.74. The third kappa shape index (κ3) is 3.48. The molecule has 2 aromatic rings. The smallest absolute Gasteiger partial charge is 0.106 e. The number of halogens is 1. The maximum atomic E-state index is 5.68. The third-order valence-electron chi connectivity index (χ3n) is 3.17. The summed E-state index contributed by atoms with van der Waals surface area (Å²) in [5.41, 5.74) is 2.48. The van der Waals surface area contributed by atoms with Crippen LogP contribution in [0.2, 0.25) is 0 Å². The van der Waals surface area contributed by atoms with Gasteiger partial charge in [-0.25, -0.2) is 0 Å². The van der Waals surface area contributed by atoms with Crippen molar-refractivity contribution in [2.75, 3.05) is 6.54 Å². The van der Waals surface area contributed by atoms with Gasteiger partial charge in [0.1, 0.15) is 11.5 Å². The summed E-state index contributed by atoms with van der Waals surface area (Å²) in [4.78, 5) is 0. The Kier molecular flexibility index (Phi) is 4.83. The lowest BCUT2D eigenvalue weighted by atomic mass is 9.99. The molecule has 1 aromatic carbocycles. The van der Waals surface area contributed by atoms with Crippen molar-refractivity contribution in [3.05, 3.63) is 57.5 Å². The van der Waals surface area contributed by atoms with Crippen LogP contribution in [0.5, 0.6) is 0 Å². The van der Waals surface area contributed by atoms with Gasteiger partial charge in [-0.15, -0.1) is 0 Å². The van der Waals surface area contributed by atoms with Gasteiger partial charge in [0.05, 0.1) is 6.04 Å². The molecular weight excluding hydrogens is 302 g/mol. The van der Waals surface area contributed by atoms with Gasteiger partial charge < -0.3 is 9.73 Å². The summed E-state index contributed by atoms with van der Waals surface area (Å²) in [5.74, 6) is 1.96. The van der Waals surface area contributed by atoms with Crippen molar-refractivity contribution in [1.82, 2.24) is 5.32 Å². The molecule has 2 rings (SSSR count). The second-order valence-electron chi connectivity index (χ2n) is 4.81. The number of furan rings is 1. The minimum Gasteiger partial charge on any atom is -0.466 e. The van der Waals surface area contributed by atoms with Crippen LogP contribution in [-0.2, 0) is 0 Å². The lowest BCUT2D eigenvalue weighted by Crippen LogP contribution is -2.23. The number of rotatable bonds is 5. The molecule has 0 amide bonds. The van der Waals surface area contributed by atoms with Gasteiger partial charge in [0.15, 0.2) is 0 Å². The van der Waals surface area contributed by atoms with Crippen molar-refractivity contribution in [1.29, 1.82) is 0 Å². The number of aryl methyl sites for hydroxylation is 2. The van der Waals surface area contributed by atoms with Crippen molar-refractivity contribution in [2.24, 2.45) is 0 Å². The van der Waals surface area contributed by atoms with Crippen molar-refractivity contribution in [2.45, 2.75) is 33.2 Å². The van der Waals surface area contributed by atoms with E-state index >= 15 is 0 Å². The van der Waals surface area contributed by atoms with Crippen molar-refractivity contribution in [3.63, 3.8) is 0 Å². The van der Waals surface area contributed by atoms with E-state index < -0.39 is 0 Å². The highest BCUT2D eigenvalue weighted by Crippen LogP contribution is 2.28. The van der Waals surface area contributed by atoms with E-state index in [1.165, 1.54) is 11.1 Å². The van der Waals surface area contributed by atoms with Gasteiger partial charge in [-0.3, -0.25) is 0 Å². The zero-order valence-electron chi connectivity index (χ0n) is 11.7. The molecule has 0 bridgehead atoms. The van der Waals surface area contributed by atoms with Gasteiger partial charge >= 0.3 is 0 Å². The van der Waals surface area contributed by atoms with Gasteiger partial charge in [-0.05, 0) is 50.6 Å². The number of hydrogen-bond donors (Lipinski definition) is 1. The highest BCUT2D eigenvalue weighted by Gasteiger charge is 2.18. The fraction of sp³-hybridized carbons (Fsp3) is 0.375. The molecule has 3 heteroatoms. The van der Waals surface area contributed by atoms with Crippen LogP contribution in [0.1, 0.15) is 42.0 Å². The molecule has 1 heterocycles. The Morgan fingerprint density at radius 3 is 2.63 bits per heavy atom. The maximum Gasteiger partial charge on any atom is 0.106 e. The summed E-state index contributed by atoms with van der Waals surface area (Å²) in [5, 5.41) is 3.60. The first-order valence-electron chi connectivity index (χ1n) is 6.67. The molecule has 0 aliphatic heterocycles. The minimum atomic E-state index is 0.190. The van der Waals surface area contributed by atoms with Gasteiger partial charge in [0, 0.05) is 10.0 Å². The molecule has 102 valence electrons. The molecule has 0 spiro atoms. The van der Waals surface area contributed by atoms with Crippen LogP contribution in [0.3, 0.4) is 0 Å². The first-order valence-corrected chi connectivity index (χ1v) is 7.47. The zero-order valence-corrected chi connectivity index (χ0v) is 13.3. The summed E-state index contributed by atoms with van der Waals surface area (Å²) >= 11 is 3.54. The van der Waals surface area contributed by atoms with Crippen molar-refractivity contribution in [3.8, 4) is 0 Å². The largest absolute Gasteiger partial charge is 0.466 e. The van der Waals surface area contributed by atoms with E-state index in [9.17, 15) is 0 Å². The number of nitrogens with one attached hydrogen (secondary N) is 1. The SMILES string of the molecule is CCCNC(c1cccc(Br)c1)c1cc(C)oc1C. The van der Waals surface area contributed by atoms with E-state index in [4.69, 9.17) is 4.42 Å². The van der Waals surface area contributed by atoms with E-state index in [1.807, 2.05) is 19.9 Å². The van der Waals surface area contributed by atoms with Gasteiger partial charge in [-0.1, -0.05) is 35.0 Å². The molecule has 0 saturated heterocycles.